The lowest BCUT2D eigenvalue weighted by Gasteiger charge is -1.82. The van der Waals surface area contributed by atoms with Gasteiger partial charge >= 0.3 is 0 Å². The van der Waals surface area contributed by atoms with Gasteiger partial charge in [0.15, 0.2) is 0 Å². The van der Waals surface area contributed by atoms with E-state index in [1.165, 1.54) is 5.56 Å². The summed E-state index contributed by atoms with van der Waals surface area (Å²) >= 11 is 4.08. The highest BCUT2D eigenvalue weighted by Gasteiger charge is 1.73. The van der Waals surface area contributed by atoms with Crippen LogP contribution in [0.4, 0.5) is 0 Å². The fourth-order valence-electron chi connectivity index (χ4n) is 0.962. The van der Waals surface area contributed by atoms with Crippen molar-refractivity contribution in [2.24, 2.45) is 0 Å². The summed E-state index contributed by atoms with van der Waals surface area (Å²) in [4.78, 5) is 1.02. The minimum atomic E-state index is 1.02. The molecule has 0 fully saturated rings. The Hall–Kier alpha value is -1.21. The van der Waals surface area contributed by atoms with Crippen LogP contribution in [0.5, 0.6) is 0 Å². The first-order valence-corrected chi connectivity index (χ1v) is 4.99. The molecule has 0 bridgehead atoms. The van der Waals surface area contributed by atoms with Crippen molar-refractivity contribution < 1.29 is 0 Å². The molecule has 2 aromatic carbocycles. The lowest BCUT2D eigenvalue weighted by atomic mass is 10.2. The van der Waals surface area contributed by atoms with Gasteiger partial charge in [-0.2, -0.15) is 0 Å². The van der Waals surface area contributed by atoms with Crippen LogP contribution in [0, 0.1) is 6.92 Å². The molecule has 0 radical (unpaired) electrons. The molecule has 0 atom stereocenters. The molecule has 0 aliphatic carbocycles. The summed E-state index contributed by atoms with van der Waals surface area (Å²) in [5, 5.41) is 0. The molecule has 0 unspecified atom stereocenters. The molecule has 14 heavy (non-hydrogen) atoms. The quantitative estimate of drug-likeness (QED) is 0.614. The minimum absolute atomic E-state index is 1.02. The number of benzene rings is 2. The second-order valence-electron chi connectivity index (χ2n) is 2.99. The molecule has 0 heterocycles. The van der Waals surface area contributed by atoms with Crippen molar-refractivity contribution in [2.75, 3.05) is 0 Å². The molecular weight excluding hydrogens is 188 g/mol. The largest absolute Gasteiger partial charge is 0.143 e. The fourth-order valence-corrected chi connectivity index (χ4v) is 1.13. The normalized spacial score (nSPS) is 8.71. The Labute approximate surface area is 91.0 Å². The Morgan fingerprint density at radius 2 is 1.14 bits per heavy atom. The highest BCUT2D eigenvalue weighted by molar-refractivity contribution is 7.80. The molecule has 0 aliphatic heterocycles. The topological polar surface area (TPSA) is 0 Å². The van der Waals surface area contributed by atoms with Gasteiger partial charge in [-0.05, 0) is 19.1 Å². The zero-order valence-corrected chi connectivity index (χ0v) is 9.12. The summed E-state index contributed by atoms with van der Waals surface area (Å²) < 4.78 is 0. The van der Waals surface area contributed by atoms with Gasteiger partial charge in [-0.1, -0.05) is 54.1 Å². The molecule has 2 rings (SSSR count). The van der Waals surface area contributed by atoms with Crippen LogP contribution in [-0.2, 0) is 0 Å². The van der Waals surface area contributed by atoms with E-state index in [0.717, 1.165) is 4.90 Å². The molecular formula is C13H14S. The average Bonchev–Trinajstić information content (AvgIpc) is 2.21. The lowest BCUT2D eigenvalue weighted by Crippen LogP contribution is -1.62. The highest BCUT2D eigenvalue weighted by Crippen LogP contribution is 2.00. The third kappa shape index (κ3) is 4.73. The van der Waals surface area contributed by atoms with Crippen LogP contribution in [0.25, 0.3) is 0 Å². The van der Waals surface area contributed by atoms with E-state index in [1.54, 1.807) is 0 Å². The monoisotopic (exact) mass is 202 g/mol. The van der Waals surface area contributed by atoms with Crippen LogP contribution < -0.4 is 0 Å². The van der Waals surface area contributed by atoms with Gasteiger partial charge in [0.1, 0.15) is 0 Å². The van der Waals surface area contributed by atoms with Gasteiger partial charge in [-0.15, -0.1) is 12.6 Å². The Morgan fingerprint density at radius 3 is 1.36 bits per heavy atom. The Morgan fingerprint density at radius 1 is 0.714 bits per heavy atom. The lowest BCUT2D eigenvalue weighted by molar-refractivity contribution is 1.48. The van der Waals surface area contributed by atoms with Crippen LogP contribution in [0.15, 0.2) is 65.6 Å². The second-order valence-corrected chi connectivity index (χ2v) is 3.51. The molecule has 1 heteroatoms. The van der Waals surface area contributed by atoms with E-state index in [9.17, 15) is 0 Å². The van der Waals surface area contributed by atoms with E-state index in [1.807, 2.05) is 48.5 Å². The van der Waals surface area contributed by atoms with E-state index >= 15 is 0 Å². The van der Waals surface area contributed by atoms with E-state index in [4.69, 9.17) is 0 Å². The Kier molecular flexibility index (Phi) is 4.87. The summed E-state index contributed by atoms with van der Waals surface area (Å²) in [7, 11) is 0. The zero-order chi connectivity index (χ0) is 10.2. The van der Waals surface area contributed by atoms with E-state index in [2.05, 4.69) is 31.7 Å². The number of hydrogen-bond donors (Lipinski definition) is 1. The smallest absolute Gasteiger partial charge is 0.00399 e. The SMILES string of the molecule is Cc1ccccc1.Sc1ccccc1. The molecule has 0 nitrogen and oxygen atoms in total. The summed E-state index contributed by atoms with van der Waals surface area (Å²) in [6.07, 6.45) is 0. The van der Waals surface area contributed by atoms with Gasteiger partial charge in [0.2, 0.25) is 0 Å². The molecule has 2 aromatic rings. The van der Waals surface area contributed by atoms with Gasteiger partial charge < -0.3 is 0 Å². The van der Waals surface area contributed by atoms with Crippen molar-refractivity contribution in [2.45, 2.75) is 11.8 Å². The van der Waals surface area contributed by atoms with Crippen molar-refractivity contribution in [3.63, 3.8) is 0 Å². The van der Waals surface area contributed by atoms with Gasteiger partial charge in [0.05, 0.1) is 0 Å². The summed E-state index contributed by atoms with van der Waals surface area (Å²) in [6, 6.07) is 20.0. The van der Waals surface area contributed by atoms with Gasteiger partial charge in [0, 0.05) is 4.90 Å². The summed E-state index contributed by atoms with van der Waals surface area (Å²) in [5.41, 5.74) is 1.32. The maximum atomic E-state index is 4.08. The number of thiol groups is 1. The van der Waals surface area contributed by atoms with E-state index in [0.29, 0.717) is 0 Å². The molecule has 0 aliphatic rings. The number of hydrogen-bond acceptors (Lipinski definition) is 1. The predicted molar refractivity (Wildman–Crippen MR) is 64.9 cm³/mol. The molecule has 0 saturated carbocycles. The van der Waals surface area contributed by atoms with Crippen molar-refractivity contribution >= 4 is 12.6 Å². The van der Waals surface area contributed by atoms with Crippen molar-refractivity contribution in [1.82, 2.24) is 0 Å². The molecule has 0 aromatic heterocycles. The first-order chi connectivity index (χ1) is 6.79. The average molecular weight is 202 g/mol. The fraction of sp³-hybridized carbons (Fsp3) is 0.0769. The van der Waals surface area contributed by atoms with Crippen LogP contribution in [-0.4, -0.2) is 0 Å². The van der Waals surface area contributed by atoms with Crippen molar-refractivity contribution in [3.05, 3.63) is 66.2 Å². The standard InChI is InChI=1S/C7H8.C6H6S/c1-7-5-3-2-4-6-7;7-6-4-2-1-3-5-6/h2-6H,1H3;1-5,7H. The Balaban J connectivity index is 0.000000140. The Bertz CT molecular complexity index is 303. The number of aryl methyl sites for hydroxylation is 1. The zero-order valence-electron chi connectivity index (χ0n) is 8.22. The molecule has 72 valence electrons. The summed E-state index contributed by atoms with van der Waals surface area (Å²) in [5.74, 6) is 0. The summed E-state index contributed by atoms with van der Waals surface area (Å²) in [6.45, 7) is 2.08. The first kappa shape index (κ1) is 10.9. The molecule has 0 spiro atoms. The first-order valence-electron chi connectivity index (χ1n) is 4.54. The van der Waals surface area contributed by atoms with Crippen LogP contribution in [0.1, 0.15) is 5.56 Å². The van der Waals surface area contributed by atoms with Crippen LogP contribution in [0.3, 0.4) is 0 Å². The van der Waals surface area contributed by atoms with Crippen molar-refractivity contribution in [1.29, 1.82) is 0 Å². The molecule has 0 saturated heterocycles. The van der Waals surface area contributed by atoms with Gasteiger partial charge in [-0.25, -0.2) is 0 Å². The maximum Gasteiger partial charge on any atom is 0.00399 e. The highest BCUT2D eigenvalue weighted by atomic mass is 32.1. The predicted octanol–water partition coefficient (Wildman–Crippen LogP) is 3.97. The van der Waals surface area contributed by atoms with E-state index in [-0.39, 0.29) is 0 Å². The molecule has 0 amide bonds. The van der Waals surface area contributed by atoms with Crippen molar-refractivity contribution in [3.8, 4) is 0 Å². The third-order valence-electron chi connectivity index (χ3n) is 1.70. The third-order valence-corrected chi connectivity index (χ3v) is 1.99. The molecule has 0 N–H and O–H groups in total. The van der Waals surface area contributed by atoms with E-state index < -0.39 is 0 Å². The van der Waals surface area contributed by atoms with Gasteiger partial charge in [0.25, 0.3) is 0 Å². The van der Waals surface area contributed by atoms with Crippen LogP contribution in [0.2, 0.25) is 0 Å². The maximum absolute atomic E-state index is 4.08. The minimum Gasteiger partial charge on any atom is -0.143 e. The second kappa shape index (κ2) is 6.28. The number of rotatable bonds is 0. The van der Waals surface area contributed by atoms with Gasteiger partial charge in [-0.3, -0.25) is 0 Å². The van der Waals surface area contributed by atoms with Crippen LogP contribution >= 0.6 is 12.6 Å².